The van der Waals surface area contributed by atoms with Crippen molar-refractivity contribution < 1.29 is 19.2 Å². The number of carbonyl (C=O) groups is 4. The Morgan fingerprint density at radius 1 is 0.778 bits per heavy atom. The number of carbonyl (C=O) groups excluding carboxylic acids is 4. The molecule has 3 heterocycles. The molecule has 2 N–H and O–H groups in total. The first-order valence-corrected chi connectivity index (χ1v) is 5.70. The molecule has 3 saturated heterocycles. The van der Waals surface area contributed by atoms with Crippen molar-refractivity contribution in [1.29, 1.82) is 0 Å². The molecule has 0 spiro atoms. The predicted molar refractivity (Wildman–Crippen MR) is 57.0 cm³/mol. The molecule has 3 aliphatic rings. The van der Waals surface area contributed by atoms with Crippen molar-refractivity contribution in [2.24, 2.45) is 0 Å². The Bertz CT molecular complexity index is 421. The van der Waals surface area contributed by atoms with Crippen molar-refractivity contribution in [3.8, 4) is 0 Å². The number of hydrogen-bond donors (Lipinski definition) is 2. The van der Waals surface area contributed by atoms with Crippen LogP contribution < -0.4 is 10.6 Å². The van der Waals surface area contributed by atoms with E-state index in [4.69, 9.17) is 0 Å². The van der Waals surface area contributed by atoms with Crippen LogP contribution in [0, 0.1) is 0 Å². The second-order valence-electron chi connectivity index (χ2n) is 4.72. The Morgan fingerprint density at radius 3 is 1.56 bits per heavy atom. The van der Waals surface area contributed by atoms with Crippen LogP contribution in [0.1, 0.15) is 0 Å². The zero-order valence-electron chi connectivity index (χ0n) is 9.51. The average molecular weight is 252 g/mol. The SMILES string of the molecule is O=C1CN2C[C@@H]3C(=O)NC(=O)CN3C[C@@H]2C(=O)N1. The summed E-state index contributed by atoms with van der Waals surface area (Å²) in [4.78, 5) is 49.3. The topological polar surface area (TPSA) is 98.8 Å². The van der Waals surface area contributed by atoms with Crippen LogP contribution in [0.15, 0.2) is 0 Å². The van der Waals surface area contributed by atoms with Gasteiger partial charge in [0.1, 0.15) is 12.1 Å². The lowest BCUT2D eigenvalue weighted by molar-refractivity contribution is -0.153. The molecular weight excluding hydrogens is 240 g/mol. The molecule has 8 heteroatoms. The Kier molecular flexibility index (Phi) is 2.42. The summed E-state index contributed by atoms with van der Waals surface area (Å²) in [6.07, 6.45) is 0. The van der Waals surface area contributed by atoms with E-state index in [1.165, 1.54) is 0 Å². The van der Waals surface area contributed by atoms with Crippen molar-refractivity contribution in [3.63, 3.8) is 0 Å². The van der Waals surface area contributed by atoms with Crippen LogP contribution in [0.4, 0.5) is 0 Å². The first kappa shape index (κ1) is 11.3. The molecule has 0 aromatic heterocycles. The maximum Gasteiger partial charge on any atom is 0.245 e. The molecule has 4 amide bonds. The van der Waals surface area contributed by atoms with E-state index in [-0.39, 0.29) is 36.7 Å². The lowest BCUT2D eigenvalue weighted by Gasteiger charge is -2.47. The van der Waals surface area contributed by atoms with Gasteiger partial charge in [0.25, 0.3) is 0 Å². The first-order valence-electron chi connectivity index (χ1n) is 5.70. The molecule has 8 nitrogen and oxygen atoms in total. The predicted octanol–water partition coefficient (Wildman–Crippen LogP) is -3.35. The van der Waals surface area contributed by atoms with Crippen molar-refractivity contribution in [1.82, 2.24) is 20.4 Å². The fraction of sp³-hybridized carbons (Fsp3) is 0.600. The van der Waals surface area contributed by atoms with E-state index in [9.17, 15) is 19.2 Å². The minimum atomic E-state index is -0.461. The van der Waals surface area contributed by atoms with Gasteiger partial charge in [-0.25, -0.2) is 0 Å². The van der Waals surface area contributed by atoms with Crippen LogP contribution in [0.2, 0.25) is 0 Å². The molecule has 3 aliphatic heterocycles. The van der Waals surface area contributed by atoms with Gasteiger partial charge in [-0.15, -0.1) is 0 Å². The van der Waals surface area contributed by atoms with Crippen molar-refractivity contribution in [2.45, 2.75) is 12.1 Å². The first-order chi connectivity index (χ1) is 8.54. The lowest BCUT2D eigenvalue weighted by atomic mass is 10.0. The summed E-state index contributed by atoms with van der Waals surface area (Å²) in [7, 11) is 0. The summed E-state index contributed by atoms with van der Waals surface area (Å²) < 4.78 is 0. The smallest absolute Gasteiger partial charge is 0.245 e. The monoisotopic (exact) mass is 252 g/mol. The van der Waals surface area contributed by atoms with Gasteiger partial charge in [0.15, 0.2) is 0 Å². The Morgan fingerprint density at radius 2 is 1.17 bits per heavy atom. The van der Waals surface area contributed by atoms with E-state index < -0.39 is 12.1 Å². The number of nitrogens with zero attached hydrogens (tertiary/aromatic N) is 2. The molecule has 0 bridgehead atoms. The normalized spacial score (nSPS) is 33.6. The number of imide groups is 2. The standard InChI is InChI=1S/C10H12N4O4/c15-7-3-13-1-5-9(17)11-8(16)4-14(5)2-6(13)10(18)12-7/h5-6H,1-4H2,(H,11,16,17)(H,12,15,18)/t5-,6-/m1/s1. The third kappa shape index (κ3) is 1.70. The zero-order valence-corrected chi connectivity index (χ0v) is 9.51. The van der Waals surface area contributed by atoms with E-state index in [1.807, 2.05) is 0 Å². The minimum absolute atomic E-state index is 0.113. The molecule has 3 fully saturated rings. The number of amides is 4. The molecule has 0 aromatic carbocycles. The highest BCUT2D eigenvalue weighted by molar-refractivity contribution is 6.03. The van der Waals surface area contributed by atoms with Crippen LogP contribution in [-0.4, -0.2) is 71.7 Å². The average Bonchev–Trinajstić information content (AvgIpc) is 2.27. The number of hydrogen-bond acceptors (Lipinski definition) is 6. The third-order valence-electron chi connectivity index (χ3n) is 3.52. The van der Waals surface area contributed by atoms with Gasteiger partial charge in [-0.2, -0.15) is 0 Å². The van der Waals surface area contributed by atoms with Crippen LogP contribution in [0.5, 0.6) is 0 Å². The molecule has 0 radical (unpaired) electrons. The molecular formula is C10H12N4O4. The largest absolute Gasteiger partial charge is 0.294 e. The molecule has 96 valence electrons. The zero-order chi connectivity index (χ0) is 12.9. The van der Waals surface area contributed by atoms with Crippen molar-refractivity contribution in [3.05, 3.63) is 0 Å². The van der Waals surface area contributed by atoms with Gasteiger partial charge >= 0.3 is 0 Å². The highest BCUT2D eigenvalue weighted by Gasteiger charge is 2.46. The second-order valence-corrected chi connectivity index (χ2v) is 4.72. The summed E-state index contributed by atoms with van der Waals surface area (Å²) in [5, 5.41) is 4.53. The van der Waals surface area contributed by atoms with Gasteiger partial charge in [0, 0.05) is 13.1 Å². The molecule has 3 rings (SSSR count). The molecule has 2 atom stereocenters. The summed E-state index contributed by atoms with van der Waals surface area (Å²) in [5.74, 6) is -1.42. The van der Waals surface area contributed by atoms with E-state index in [0.717, 1.165) is 0 Å². The fourth-order valence-corrected chi connectivity index (χ4v) is 2.67. The van der Waals surface area contributed by atoms with E-state index in [0.29, 0.717) is 13.1 Å². The number of fused-ring (bicyclic) bond motifs is 2. The van der Waals surface area contributed by atoms with E-state index in [2.05, 4.69) is 10.6 Å². The van der Waals surface area contributed by atoms with Crippen LogP contribution >= 0.6 is 0 Å². The number of rotatable bonds is 0. The van der Waals surface area contributed by atoms with Gasteiger partial charge in [0.2, 0.25) is 23.6 Å². The summed E-state index contributed by atoms with van der Waals surface area (Å²) >= 11 is 0. The summed E-state index contributed by atoms with van der Waals surface area (Å²) in [5.41, 5.74) is 0. The van der Waals surface area contributed by atoms with Gasteiger partial charge in [0.05, 0.1) is 13.1 Å². The highest BCUT2D eigenvalue weighted by atomic mass is 16.2. The molecule has 0 unspecified atom stereocenters. The second kappa shape index (κ2) is 3.85. The maximum absolute atomic E-state index is 11.7. The van der Waals surface area contributed by atoms with E-state index in [1.54, 1.807) is 9.80 Å². The highest BCUT2D eigenvalue weighted by Crippen LogP contribution is 2.19. The summed E-state index contributed by atoms with van der Waals surface area (Å²) in [6, 6.07) is -0.921. The van der Waals surface area contributed by atoms with Crippen LogP contribution in [0.3, 0.4) is 0 Å². The maximum atomic E-state index is 11.7. The van der Waals surface area contributed by atoms with Gasteiger partial charge in [-0.05, 0) is 0 Å². The quantitative estimate of drug-likeness (QED) is 0.437. The lowest BCUT2D eigenvalue weighted by Crippen LogP contribution is -2.72. The number of nitrogens with one attached hydrogen (secondary N) is 2. The van der Waals surface area contributed by atoms with Gasteiger partial charge in [-0.3, -0.25) is 39.6 Å². The Hall–Kier alpha value is -1.80. The van der Waals surface area contributed by atoms with Crippen LogP contribution in [0.25, 0.3) is 0 Å². The fourth-order valence-electron chi connectivity index (χ4n) is 2.67. The third-order valence-corrected chi connectivity index (χ3v) is 3.52. The van der Waals surface area contributed by atoms with Crippen molar-refractivity contribution >= 4 is 23.6 Å². The van der Waals surface area contributed by atoms with E-state index >= 15 is 0 Å². The van der Waals surface area contributed by atoms with Gasteiger partial charge in [-0.1, -0.05) is 0 Å². The van der Waals surface area contributed by atoms with Crippen LogP contribution in [-0.2, 0) is 19.2 Å². The van der Waals surface area contributed by atoms with Gasteiger partial charge < -0.3 is 0 Å². The molecule has 0 aliphatic carbocycles. The Balaban J connectivity index is 1.83. The Labute approximate surface area is 102 Å². The number of piperazine rings is 3. The molecule has 0 saturated carbocycles. The van der Waals surface area contributed by atoms with Crippen molar-refractivity contribution in [2.75, 3.05) is 26.2 Å². The molecule has 18 heavy (non-hydrogen) atoms. The summed E-state index contributed by atoms with van der Waals surface area (Å²) in [6.45, 7) is 0.815. The minimum Gasteiger partial charge on any atom is -0.294 e. The molecule has 0 aromatic rings.